The van der Waals surface area contributed by atoms with E-state index in [0.717, 1.165) is 19.5 Å². The quantitative estimate of drug-likeness (QED) is 0.827. The van der Waals surface area contributed by atoms with E-state index in [1.54, 1.807) is 18.2 Å². The highest BCUT2D eigenvalue weighted by atomic mass is 35.5. The van der Waals surface area contributed by atoms with Gasteiger partial charge in [0, 0.05) is 24.2 Å². The predicted molar refractivity (Wildman–Crippen MR) is 83.0 cm³/mol. The van der Waals surface area contributed by atoms with Gasteiger partial charge in [-0.3, -0.25) is 9.69 Å². The van der Waals surface area contributed by atoms with Gasteiger partial charge in [0.15, 0.2) is 0 Å². The van der Waals surface area contributed by atoms with Gasteiger partial charge in [-0.15, -0.1) is 0 Å². The molecule has 6 heteroatoms. The molecule has 0 aromatic heterocycles. The summed E-state index contributed by atoms with van der Waals surface area (Å²) in [6.07, 6.45) is 1.10. The number of nitrogen functional groups attached to an aromatic ring is 1. The highest BCUT2D eigenvalue weighted by molar-refractivity contribution is 6.31. The Morgan fingerprint density at radius 1 is 1.55 bits per heavy atom. The molecule has 110 valence electrons. The fourth-order valence-electron chi connectivity index (χ4n) is 2.42. The average Bonchev–Trinajstić information content (AvgIpc) is 2.81. The van der Waals surface area contributed by atoms with E-state index in [1.165, 1.54) is 0 Å². The molecule has 0 spiro atoms. The molecule has 3 N–H and O–H groups in total. The number of rotatable bonds is 4. The van der Waals surface area contributed by atoms with Gasteiger partial charge in [0.2, 0.25) is 5.91 Å². The smallest absolute Gasteiger partial charge is 0.238 e. The van der Waals surface area contributed by atoms with Crippen molar-refractivity contribution in [3.8, 4) is 0 Å². The molecule has 1 unspecified atom stereocenters. The molecule has 2 rings (SSSR count). The maximum absolute atomic E-state index is 12.0. The Kier molecular flexibility index (Phi) is 4.86. The number of likely N-dealkylation sites (N-methyl/N-ethyl adjacent to an activating group) is 1. The summed E-state index contributed by atoms with van der Waals surface area (Å²) in [7, 11) is 4.14. The lowest BCUT2D eigenvalue weighted by Gasteiger charge is -2.20. The number of hydrogen-bond donors (Lipinski definition) is 2. The fraction of sp³-hybridized carbons (Fsp3) is 0.500. The Bertz CT molecular complexity index is 492. The van der Waals surface area contributed by atoms with Crippen molar-refractivity contribution in [2.75, 3.05) is 44.8 Å². The lowest BCUT2D eigenvalue weighted by Crippen LogP contribution is -2.35. The zero-order chi connectivity index (χ0) is 14.7. The first-order chi connectivity index (χ1) is 9.45. The third-order valence-electron chi connectivity index (χ3n) is 3.63. The number of amides is 1. The van der Waals surface area contributed by atoms with E-state index in [4.69, 9.17) is 17.3 Å². The highest BCUT2D eigenvalue weighted by Crippen LogP contribution is 2.22. The third kappa shape index (κ3) is 3.85. The lowest BCUT2D eigenvalue weighted by molar-refractivity contribution is -0.117. The Labute approximate surface area is 124 Å². The number of carbonyl (C=O) groups is 1. The summed E-state index contributed by atoms with van der Waals surface area (Å²) >= 11 is 5.83. The maximum Gasteiger partial charge on any atom is 0.238 e. The van der Waals surface area contributed by atoms with Crippen LogP contribution in [-0.2, 0) is 4.79 Å². The van der Waals surface area contributed by atoms with Gasteiger partial charge in [-0.05, 0) is 38.7 Å². The molecule has 1 aromatic carbocycles. The third-order valence-corrected chi connectivity index (χ3v) is 3.87. The molecule has 1 fully saturated rings. The van der Waals surface area contributed by atoms with Crippen LogP contribution in [0.4, 0.5) is 11.4 Å². The first kappa shape index (κ1) is 15.1. The van der Waals surface area contributed by atoms with Crippen molar-refractivity contribution in [2.45, 2.75) is 12.5 Å². The van der Waals surface area contributed by atoms with Crippen LogP contribution >= 0.6 is 11.6 Å². The van der Waals surface area contributed by atoms with Gasteiger partial charge in [0.25, 0.3) is 0 Å². The Morgan fingerprint density at radius 3 is 2.90 bits per heavy atom. The summed E-state index contributed by atoms with van der Waals surface area (Å²) in [5.74, 6) is -0.0431. The molecular weight excluding hydrogens is 276 g/mol. The van der Waals surface area contributed by atoms with Crippen molar-refractivity contribution >= 4 is 28.9 Å². The van der Waals surface area contributed by atoms with Gasteiger partial charge in [-0.2, -0.15) is 0 Å². The van der Waals surface area contributed by atoms with Gasteiger partial charge in [-0.1, -0.05) is 11.6 Å². The molecule has 0 saturated carbocycles. The topological polar surface area (TPSA) is 61.6 Å². The summed E-state index contributed by atoms with van der Waals surface area (Å²) in [6, 6.07) is 5.60. The van der Waals surface area contributed by atoms with Crippen molar-refractivity contribution < 1.29 is 4.79 Å². The second-order valence-corrected chi connectivity index (χ2v) is 5.86. The van der Waals surface area contributed by atoms with Crippen LogP contribution in [-0.4, -0.2) is 55.5 Å². The summed E-state index contributed by atoms with van der Waals surface area (Å²) in [4.78, 5) is 16.4. The Balaban J connectivity index is 1.87. The minimum Gasteiger partial charge on any atom is -0.397 e. The first-order valence-corrected chi connectivity index (χ1v) is 7.07. The van der Waals surface area contributed by atoms with E-state index in [0.29, 0.717) is 29.0 Å². The van der Waals surface area contributed by atoms with E-state index in [2.05, 4.69) is 29.2 Å². The number of nitrogens with zero attached hydrogens (tertiary/aromatic N) is 2. The second kappa shape index (κ2) is 6.43. The highest BCUT2D eigenvalue weighted by Gasteiger charge is 2.25. The number of nitrogens with one attached hydrogen (secondary N) is 1. The molecule has 1 heterocycles. The van der Waals surface area contributed by atoms with Crippen molar-refractivity contribution in [3.63, 3.8) is 0 Å². The van der Waals surface area contributed by atoms with E-state index >= 15 is 0 Å². The number of carbonyl (C=O) groups excluding carboxylic acids is 1. The number of nitrogens with two attached hydrogens (primary N) is 1. The SMILES string of the molecule is CN(C)C1CCN(CC(=O)Nc2ccc(Cl)cc2N)C1. The van der Waals surface area contributed by atoms with E-state index in [9.17, 15) is 4.79 Å². The molecule has 1 aliphatic heterocycles. The first-order valence-electron chi connectivity index (χ1n) is 6.69. The fourth-order valence-corrected chi connectivity index (χ4v) is 2.60. The zero-order valence-electron chi connectivity index (χ0n) is 11.9. The molecule has 1 aromatic rings. The maximum atomic E-state index is 12.0. The normalized spacial score (nSPS) is 19.5. The van der Waals surface area contributed by atoms with Gasteiger partial charge >= 0.3 is 0 Å². The van der Waals surface area contributed by atoms with Crippen molar-refractivity contribution in [1.82, 2.24) is 9.80 Å². The number of hydrogen-bond acceptors (Lipinski definition) is 4. The van der Waals surface area contributed by atoms with Crippen LogP contribution in [0.2, 0.25) is 5.02 Å². The monoisotopic (exact) mass is 296 g/mol. The largest absolute Gasteiger partial charge is 0.397 e. The standard InChI is InChI=1S/C14H21ClN4O/c1-18(2)11-5-6-19(8-11)9-14(20)17-13-4-3-10(15)7-12(13)16/h3-4,7,11H,5-6,8-9,16H2,1-2H3,(H,17,20). The Morgan fingerprint density at radius 2 is 2.30 bits per heavy atom. The number of anilines is 2. The minimum atomic E-state index is -0.0431. The van der Waals surface area contributed by atoms with Crippen LogP contribution in [0.3, 0.4) is 0 Å². The lowest BCUT2D eigenvalue weighted by atomic mass is 10.2. The number of likely N-dealkylation sites (tertiary alicyclic amines) is 1. The molecule has 0 aliphatic carbocycles. The molecule has 20 heavy (non-hydrogen) atoms. The summed E-state index contributed by atoms with van der Waals surface area (Å²) in [5, 5.41) is 3.39. The van der Waals surface area contributed by atoms with Crippen LogP contribution < -0.4 is 11.1 Å². The van der Waals surface area contributed by atoms with Crippen LogP contribution in [0, 0.1) is 0 Å². The molecule has 1 atom stereocenters. The molecule has 1 saturated heterocycles. The molecule has 1 amide bonds. The number of halogens is 1. The van der Waals surface area contributed by atoms with E-state index in [1.807, 2.05) is 0 Å². The van der Waals surface area contributed by atoms with Crippen molar-refractivity contribution in [2.24, 2.45) is 0 Å². The second-order valence-electron chi connectivity index (χ2n) is 5.42. The van der Waals surface area contributed by atoms with Crippen LogP contribution in [0.1, 0.15) is 6.42 Å². The van der Waals surface area contributed by atoms with Gasteiger partial charge in [0.1, 0.15) is 0 Å². The predicted octanol–water partition coefficient (Wildman–Crippen LogP) is 1.50. The van der Waals surface area contributed by atoms with E-state index in [-0.39, 0.29) is 5.91 Å². The molecule has 5 nitrogen and oxygen atoms in total. The van der Waals surface area contributed by atoms with Crippen molar-refractivity contribution in [1.29, 1.82) is 0 Å². The molecular formula is C14H21ClN4O. The molecule has 0 radical (unpaired) electrons. The van der Waals surface area contributed by atoms with Gasteiger partial charge in [-0.25, -0.2) is 0 Å². The molecule has 1 aliphatic rings. The summed E-state index contributed by atoms with van der Waals surface area (Å²) in [5.41, 5.74) is 6.92. The van der Waals surface area contributed by atoms with Crippen LogP contribution in [0.15, 0.2) is 18.2 Å². The number of benzene rings is 1. The van der Waals surface area contributed by atoms with Gasteiger partial charge < -0.3 is 16.0 Å². The van der Waals surface area contributed by atoms with Crippen LogP contribution in [0.5, 0.6) is 0 Å². The average molecular weight is 297 g/mol. The van der Waals surface area contributed by atoms with E-state index < -0.39 is 0 Å². The summed E-state index contributed by atoms with van der Waals surface area (Å²) in [6.45, 7) is 2.27. The minimum absolute atomic E-state index is 0.0431. The van der Waals surface area contributed by atoms with Crippen LogP contribution in [0.25, 0.3) is 0 Å². The zero-order valence-corrected chi connectivity index (χ0v) is 12.7. The summed E-state index contributed by atoms with van der Waals surface area (Å²) < 4.78 is 0. The Hall–Kier alpha value is -1.30. The molecule has 0 bridgehead atoms. The van der Waals surface area contributed by atoms with Crippen molar-refractivity contribution in [3.05, 3.63) is 23.2 Å². The van der Waals surface area contributed by atoms with Gasteiger partial charge in [0.05, 0.1) is 17.9 Å².